The van der Waals surface area contributed by atoms with Gasteiger partial charge in [-0.1, -0.05) is 12.2 Å². The zero-order valence-corrected chi connectivity index (χ0v) is 28.0. The number of ether oxygens (including phenoxy) is 1. The van der Waals surface area contributed by atoms with E-state index in [1.165, 1.54) is 4.90 Å². The maximum atomic E-state index is 14.7. The summed E-state index contributed by atoms with van der Waals surface area (Å²) in [5.74, 6) is -1.15. The van der Waals surface area contributed by atoms with E-state index in [2.05, 4.69) is 31.9 Å². The van der Waals surface area contributed by atoms with Gasteiger partial charge in [-0.3, -0.25) is 14.4 Å². The van der Waals surface area contributed by atoms with Crippen molar-refractivity contribution in [3.05, 3.63) is 73.8 Å². The van der Waals surface area contributed by atoms with Gasteiger partial charge in [0.05, 0.1) is 29.8 Å². The van der Waals surface area contributed by atoms with E-state index in [1.807, 2.05) is 55.5 Å². The summed E-state index contributed by atoms with van der Waals surface area (Å²) in [4.78, 5) is 50.6. The Morgan fingerprint density at radius 2 is 1.52 bits per heavy atom. The maximum absolute atomic E-state index is 14.7. The second-order valence-corrected chi connectivity index (χ2v) is 13.5. The lowest BCUT2D eigenvalue weighted by Gasteiger charge is -2.37. The second-order valence-electron chi connectivity index (χ2n) is 11.9. The molecule has 2 unspecified atom stereocenters. The fourth-order valence-electron chi connectivity index (χ4n) is 7.61. The van der Waals surface area contributed by atoms with Gasteiger partial charge in [-0.25, -0.2) is 0 Å². The number of benzene rings is 2. The highest BCUT2D eigenvalue weighted by atomic mass is 32.2. The highest BCUT2D eigenvalue weighted by Crippen LogP contribution is 2.66. The lowest BCUT2D eigenvalue weighted by molar-refractivity contribution is -0.139. The number of likely N-dealkylation sites (tertiary alicyclic amines) is 1. The fraction of sp³-hybridized carbons (Fsp3) is 0.472. The second kappa shape index (κ2) is 14.3. The van der Waals surface area contributed by atoms with E-state index in [-0.39, 0.29) is 49.2 Å². The van der Waals surface area contributed by atoms with Crippen molar-refractivity contribution < 1.29 is 24.2 Å². The first-order chi connectivity index (χ1) is 22.3. The molecule has 2 aromatic rings. The number of anilines is 3. The summed E-state index contributed by atoms with van der Waals surface area (Å²) in [6.07, 6.45) is 4.75. The zero-order chi connectivity index (χ0) is 33.0. The highest BCUT2D eigenvalue weighted by Gasteiger charge is 2.74. The molecule has 0 aliphatic carbocycles. The number of nitrogens with zero attached hydrogens (tertiary/aromatic N) is 4. The first-order valence-corrected chi connectivity index (χ1v) is 17.2. The summed E-state index contributed by atoms with van der Waals surface area (Å²) in [6.45, 7) is 16.5. The van der Waals surface area contributed by atoms with Gasteiger partial charge in [0.15, 0.2) is 0 Å². The molecule has 3 heterocycles. The Labute approximate surface area is 276 Å². The molecule has 9 nitrogen and oxygen atoms in total. The van der Waals surface area contributed by atoms with Gasteiger partial charge in [-0.05, 0) is 82.1 Å². The summed E-state index contributed by atoms with van der Waals surface area (Å²) in [7, 11) is 0. The van der Waals surface area contributed by atoms with Gasteiger partial charge >= 0.3 is 0 Å². The third kappa shape index (κ3) is 5.81. The third-order valence-electron chi connectivity index (χ3n) is 9.56. The van der Waals surface area contributed by atoms with Crippen LogP contribution in [0.2, 0.25) is 0 Å². The predicted octanol–water partition coefficient (Wildman–Crippen LogP) is 4.75. The molecule has 0 radical (unpaired) electrons. The average Bonchev–Trinajstić information content (AvgIpc) is 3.71. The van der Waals surface area contributed by atoms with Crippen molar-refractivity contribution in [1.82, 2.24) is 4.90 Å². The van der Waals surface area contributed by atoms with Gasteiger partial charge in [0.1, 0.15) is 11.8 Å². The number of amides is 3. The number of hydrogen-bond donors (Lipinski definition) is 1. The predicted molar refractivity (Wildman–Crippen MR) is 186 cm³/mol. The standard InChI is InChI=1S/C36H46N4O5S/c1-6-21-38(27-15-17-28(18-16-27)45-10-5)33(42)30-29-19-20-36(46-29)31(30)34(43)40(23-24-41)32(36)35(44)39(22-7-2)26-13-11-25(12-14-26)37(8-3)9-4/h6-7,11-18,29-32,41H,1-2,8-10,19-24H2,3-5H3/t29-,30+,31+,32?,36?/m1/s1. The van der Waals surface area contributed by atoms with Gasteiger partial charge in [0.25, 0.3) is 5.91 Å². The van der Waals surface area contributed by atoms with Crippen LogP contribution in [0.25, 0.3) is 0 Å². The average molecular weight is 647 g/mol. The van der Waals surface area contributed by atoms with E-state index < -0.39 is 22.6 Å². The molecule has 3 aliphatic heterocycles. The van der Waals surface area contributed by atoms with Crippen molar-refractivity contribution in [2.24, 2.45) is 11.8 Å². The molecule has 10 heteroatoms. The van der Waals surface area contributed by atoms with E-state index in [1.54, 1.807) is 33.7 Å². The molecule has 5 rings (SSSR count). The van der Waals surface area contributed by atoms with Crippen molar-refractivity contribution >= 4 is 46.5 Å². The van der Waals surface area contributed by atoms with E-state index in [4.69, 9.17) is 4.74 Å². The van der Waals surface area contributed by atoms with Crippen molar-refractivity contribution in [2.45, 2.75) is 49.7 Å². The molecular formula is C36H46N4O5S. The number of aliphatic hydroxyl groups excluding tert-OH is 1. The molecule has 1 spiro atoms. The van der Waals surface area contributed by atoms with Crippen LogP contribution in [0.5, 0.6) is 5.75 Å². The van der Waals surface area contributed by atoms with Crippen LogP contribution in [0.4, 0.5) is 17.1 Å². The van der Waals surface area contributed by atoms with E-state index in [0.29, 0.717) is 24.5 Å². The summed E-state index contributed by atoms with van der Waals surface area (Å²) in [6, 6.07) is 14.5. The molecule has 1 N–H and O–H groups in total. The fourth-order valence-corrected chi connectivity index (χ4v) is 9.82. The number of carbonyl (C=O) groups is 3. The van der Waals surface area contributed by atoms with Crippen LogP contribution in [-0.4, -0.2) is 89.7 Å². The van der Waals surface area contributed by atoms with Crippen molar-refractivity contribution in [3.8, 4) is 5.75 Å². The molecule has 5 atom stereocenters. The molecule has 3 fully saturated rings. The highest BCUT2D eigenvalue weighted by molar-refractivity contribution is 8.02. The van der Waals surface area contributed by atoms with Crippen molar-refractivity contribution in [2.75, 3.05) is 60.6 Å². The molecule has 0 saturated carbocycles. The molecular weight excluding hydrogens is 600 g/mol. The normalized spacial score (nSPS) is 24.4. The van der Waals surface area contributed by atoms with Crippen molar-refractivity contribution in [3.63, 3.8) is 0 Å². The Bertz CT molecular complexity index is 1430. The number of thioether (sulfide) groups is 1. The number of fused-ring (bicyclic) bond motifs is 1. The Kier molecular flexibility index (Phi) is 10.5. The smallest absolute Gasteiger partial charge is 0.251 e. The lowest BCUT2D eigenvalue weighted by Crippen LogP contribution is -2.55. The van der Waals surface area contributed by atoms with Crippen LogP contribution >= 0.6 is 11.8 Å². The molecule has 0 aromatic heterocycles. The Morgan fingerprint density at radius 1 is 0.957 bits per heavy atom. The van der Waals surface area contributed by atoms with Crippen LogP contribution in [-0.2, 0) is 14.4 Å². The first kappa shape index (κ1) is 33.6. The molecule has 46 heavy (non-hydrogen) atoms. The summed E-state index contributed by atoms with van der Waals surface area (Å²) >= 11 is 1.62. The van der Waals surface area contributed by atoms with E-state index >= 15 is 0 Å². The number of carbonyl (C=O) groups excluding carboxylic acids is 3. The van der Waals surface area contributed by atoms with Gasteiger partial charge in [0.2, 0.25) is 11.8 Å². The number of β-amino-alcohol motifs (C(OH)–C–C–N with tert-alkyl or cyclic N) is 1. The maximum Gasteiger partial charge on any atom is 0.251 e. The van der Waals surface area contributed by atoms with Crippen LogP contribution < -0.4 is 19.4 Å². The molecule has 246 valence electrons. The molecule has 2 aromatic carbocycles. The van der Waals surface area contributed by atoms with Gasteiger partial charge in [0, 0.05) is 55.0 Å². The van der Waals surface area contributed by atoms with E-state index in [9.17, 15) is 19.5 Å². The van der Waals surface area contributed by atoms with Crippen LogP contribution in [0.3, 0.4) is 0 Å². The Morgan fingerprint density at radius 3 is 2.07 bits per heavy atom. The van der Waals surface area contributed by atoms with Crippen molar-refractivity contribution in [1.29, 1.82) is 0 Å². The van der Waals surface area contributed by atoms with Crippen LogP contribution in [0.1, 0.15) is 33.6 Å². The SMILES string of the molecule is C=CCN(C(=O)C1N(CCO)C(=O)[C@@H]2[C@@H](C(=O)N(CC=C)c3ccc(OCC)cc3)[C@H]3CCC12S3)c1ccc(N(CC)CC)cc1. The number of hydrogen-bond acceptors (Lipinski definition) is 7. The summed E-state index contributed by atoms with van der Waals surface area (Å²) in [5, 5.41) is 9.97. The number of rotatable bonds is 15. The molecule has 3 saturated heterocycles. The molecule has 3 aliphatic rings. The lowest BCUT2D eigenvalue weighted by atomic mass is 9.70. The van der Waals surface area contributed by atoms with E-state index in [0.717, 1.165) is 30.9 Å². The van der Waals surface area contributed by atoms with Crippen LogP contribution in [0, 0.1) is 11.8 Å². The molecule has 3 amide bonds. The van der Waals surface area contributed by atoms with Gasteiger partial charge < -0.3 is 29.4 Å². The number of aliphatic hydroxyl groups is 1. The Hall–Kier alpha value is -3.76. The minimum Gasteiger partial charge on any atom is -0.494 e. The minimum atomic E-state index is -0.814. The largest absolute Gasteiger partial charge is 0.494 e. The molecule has 2 bridgehead atoms. The third-order valence-corrected chi connectivity index (χ3v) is 11.5. The topological polar surface area (TPSA) is 93.6 Å². The minimum absolute atomic E-state index is 0.0255. The summed E-state index contributed by atoms with van der Waals surface area (Å²) < 4.78 is 4.82. The van der Waals surface area contributed by atoms with Gasteiger partial charge in [-0.15, -0.1) is 24.9 Å². The van der Waals surface area contributed by atoms with Gasteiger partial charge in [-0.2, -0.15) is 0 Å². The monoisotopic (exact) mass is 646 g/mol. The van der Waals surface area contributed by atoms with Crippen LogP contribution in [0.15, 0.2) is 73.8 Å². The first-order valence-electron chi connectivity index (χ1n) is 16.3. The quantitative estimate of drug-likeness (QED) is 0.279. The zero-order valence-electron chi connectivity index (χ0n) is 27.1. The summed E-state index contributed by atoms with van der Waals surface area (Å²) in [5.41, 5.74) is 2.49. The Balaban J connectivity index is 1.49.